The van der Waals surface area contributed by atoms with Gasteiger partial charge in [-0.1, -0.05) is 6.42 Å². The van der Waals surface area contributed by atoms with E-state index >= 15 is 0 Å². The van der Waals surface area contributed by atoms with Gasteiger partial charge in [0.25, 0.3) is 0 Å². The first-order valence-electron chi connectivity index (χ1n) is 7.48. The highest BCUT2D eigenvalue weighted by Gasteiger charge is 2.47. The van der Waals surface area contributed by atoms with Crippen LogP contribution in [0.5, 0.6) is 5.75 Å². The summed E-state index contributed by atoms with van der Waals surface area (Å²) in [7, 11) is 0. The van der Waals surface area contributed by atoms with Crippen LogP contribution in [-0.2, 0) is 10.3 Å². The van der Waals surface area contributed by atoms with Crippen LogP contribution in [0.4, 0.5) is 0 Å². The molecule has 3 rings (SSSR count). The van der Waals surface area contributed by atoms with Gasteiger partial charge in [0, 0.05) is 5.56 Å². The fourth-order valence-electron chi connectivity index (χ4n) is 2.79. The summed E-state index contributed by atoms with van der Waals surface area (Å²) in [5.41, 5.74) is 3.17. The van der Waals surface area contributed by atoms with Crippen LogP contribution in [0.1, 0.15) is 48.8 Å². The molecular formula is C17H21NO2. The van der Waals surface area contributed by atoms with Crippen LogP contribution in [0.15, 0.2) is 17.1 Å². The second-order valence-corrected chi connectivity index (χ2v) is 6.28. The van der Waals surface area contributed by atoms with E-state index in [1.54, 1.807) is 6.08 Å². The highest BCUT2D eigenvalue weighted by Crippen LogP contribution is 2.52. The van der Waals surface area contributed by atoms with Crippen molar-refractivity contribution in [1.82, 2.24) is 0 Å². The average molecular weight is 271 g/mol. The van der Waals surface area contributed by atoms with Gasteiger partial charge in [-0.3, -0.25) is 0 Å². The smallest absolute Gasteiger partial charge is 0.235 e. The molecule has 2 aliphatic carbocycles. The zero-order chi connectivity index (χ0) is 14.2. The van der Waals surface area contributed by atoms with E-state index in [1.165, 1.54) is 30.4 Å². The molecule has 0 saturated heterocycles. The van der Waals surface area contributed by atoms with Gasteiger partial charge in [-0.25, -0.2) is 4.79 Å². The second kappa shape index (κ2) is 5.06. The minimum atomic E-state index is -0.352. The highest BCUT2D eigenvalue weighted by atomic mass is 16.5. The molecule has 0 aliphatic heterocycles. The van der Waals surface area contributed by atoms with Crippen LogP contribution in [0.25, 0.3) is 0 Å². The number of aliphatic imine (C=N–C) groups is 1. The molecule has 0 amide bonds. The fourth-order valence-corrected chi connectivity index (χ4v) is 2.79. The van der Waals surface area contributed by atoms with Crippen LogP contribution in [0, 0.1) is 19.8 Å². The lowest BCUT2D eigenvalue weighted by Gasteiger charge is -2.26. The number of aryl methyl sites for hydroxylation is 2. The minimum absolute atomic E-state index is 0.352. The van der Waals surface area contributed by atoms with E-state index in [9.17, 15) is 4.79 Å². The first-order valence-corrected chi connectivity index (χ1v) is 7.48. The lowest BCUT2D eigenvalue weighted by molar-refractivity contribution is 0.178. The van der Waals surface area contributed by atoms with Crippen molar-refractivity contribution in [3.05, 3.63) is 28.8 Å². The van der Waals surface area contributed by atoms with Crippen LogP contribution in [-0.4, -0.2) is 12.7 Å². The summed E-state index contributed by atoms with van der Waals surface area (Å²) in [5, 5.41) is 0. The molecule has 0 bridgehead atoms. The number of ether oxygens (including phenoxy) is 1. The van der Waals surface area contributed by atoms with Crippen LogP contribution >= 0.6 is 0 Å². The molecule has 3 heteroatoms. The minimum Gasteiger partial charge on any atom is -0.493 e. The Kier molecular flexibility index (Phi) is 3.39. The molecule has 0 aromatic heterocycles. The van der Waals surface area contributed by atoms with Gasteiger partial charge in [-0.2, -0.15) is 4.99 Å². The number of rotatable bonds is 5. The maximum Gasteiger partial charge on any atom is 0.235 e. The van der Waals surface area contributed by atoms with Crippen molar-refractivity contribution >= 4 is 6.08 Å². The largest absolute Gasteiger partial charge is 0.493 e. The quantitative estimate of drug-likeness (QED) is 0.603. The van der Waals surface area contributed by atoms with E-state index < -0.39 is 0 Å². The van der Waals surface area contributed by atoms with E-state index in [0.29, 0.717) is 5.92 Å². The van der Waals surface area contributed by atoms with Crippen LogP contribution in [0.2, 0.25) is 0 Å². The normalized spacial score (nSPS) is 19.9. The second-order valence-electron chi connectivity index (χ2n) is 6.28. The van der Waals surface area contributed by atoms with Gasteiger partial charge >= 0.3 is 0 Å². The SMILES string of the molecule is Cc1cc(OCC2CCC2)c(C2(N=C=O)CC2)cc1C. The van der Waals surface area contributed by atoms with Gasteiger partial charge in [0.1, 0.15) is 11.3 Å². The Morgan fingerprint density at radius 2 is 2.00 bits per heavy atom. The Hall–Kier alpha value is -1.60. The summed E-state index contributed by atoms with van der Waals surface area (Å²) in [5.74, 6) is 1.62. The zero-order valence-electron chi connectivity index (χ0n) is 12.2. The Morgan fingerprint density at radius 1 is 1.30 bits per heavy atom. The van der Waals surface area contributed by atoms with Crippen LogP contribution in [0.3, 0.4) is 0 Å². The van der Waals surface area contributed by atoms with Crippen LogP contribution < -0.4 is 4.74 Å². The molecule has 0 spiro atoms. The molecule has 2 saturated carbocycles. The topological polar surface area (TPSA) is 38.7 Å². The molecule has 20 heavy (non-hydrogen) atoms. The molecule has 1 aromatic rings. The molecule has 0 heterocycles. The Morgan fingerprint density at radius 3 is 2.55 bits per heavy atom. The molecule has 0 unspecified atom stereocenters. The highest BCUT2D eigenvalue weighted by molar-refractivity contribution is 5.50. The van der Waals surface area contributed by atoms with Crippen molar-refractivity contribution < 1.29 is 9.53 Å². The maximum absolute atomic E-state index is 10.7. The van der Waals surface area contributed by atoms with Crippen molar-refractivity contribution in [3.8, 4) is 5.75 Å². The van der Waals surface area contributed by atoms with E-state index in [4.69, 9.17) is 4.74 Å². The van der Waals surface area contributed by atoms with Gasteiger partial charge in [-0.05, 0) is 68.7 Å². The van der Waals surface area contributed by atoms with Crippen molar-refractivity contribution in [3.63, 3.8) is 0 Å². The van der Waals surface area contributed by atoms with Gasteiger partial charge in [0.15, 0.2) is 0 Å². The monoisotopic (exact) mass is 271 g/mol. The Bertz CT molecular complexity index is 565. The summed E-state index contributed by atoms with van der Waals surface area (Å²) in [6.07, 6.45) is 7.46. The molecule has 3 nitrogen and oxygen atoms in total. The molecule has 1 aromatic carbocycles. The Labute approximate surface area is 120 Å². The molecule has 0 radical (unpaired) electrons. The molecular weight excluding hydrogens is 250 g/mol. The summed E-state index contributed by atoms with van der Waals surface area (Å²) < 4.78 is 6.06. The number of nitrogens with zero attached hydrogens (tertiary/aromatic N) is 1. The predicted octanol–water partition coefficient (Wildman–Crippen LogP) is 3.81. The first-order chi connectivity index (χ1) is 9.64. The number of isocyanates is 1. The summed E-state index contributed by atoms with van der Waals surface area (Å²) in [6, 6.07) is 4.24. The standard InChI is InChI=1S/C17H21NO2/c1-12-8-15(17(6-7-17)18-11-19)16(9-13(12)2)20-10-14-4-3-5-14/h8-9,14H,3-7,10H2,1-2H3. The molecule has 0 atom stereocenters. The summed E-state index contributed by atoms with van der Waals surface area (Å²) >= 11 is 0. The van der Waals surface area contributed by atoms with E-state index in [2.05, 4.69) is 31.0 Å². The lowest BCUT2D eigenvalue weighted by atomic mass is 9.86. The van der Waals surface area contributed by atoms with Gasteiger partial charge in [0.2, 0.25) is 6.08 Å². The third-order valence-corrected chi connectivity index (χ3v) is 4.78. The number of carbonyl (C=O) groups excluding carboxylic acids is 1. The molecule has 2 fully saturated rings. The molecule has 0 N–H and O–H groups in total. The van der Waals surface area contributed by atoms with Crippen molar-refractivity contribution in [2.75, 3.05) is 6.61 Å². The number of hydrogen-bond donors (Lipinski definition) is 0. The zero-order valence-corrected chi connectivity index (χ0v) is 12.2. The van der Waals surface area contributed by atoms with Gasteiger partial charge < -0.3 is 4.74 Å². The number of hydrogen-bond acceptors (Lipinski definition) is 3. The predicted molar refractivity (Wildman–Crippen MR) is 77.8 cm³/mol. The molecule has 106 valence electrons. The first kappa shape index (κ1) is 13.4. The van der Waals surface area contributed by atoms with Crippen molar-refractivity contribution in [2.24, 2.45) is 10.9 Å². The van der Waals surface area contributed by atoms with E-state index in [0.717, 1.165) is 30.8 Å². The van der Waals surface area contributed by atoms with E-state index in [1.807, 2.05) is 0 Å². The van der Waals surface area contributed by atoms with Gasteiger partial charge in [-0.15, -0.1) is 0 Å². The Balaban J connectivity index is 1.89. The lowest BCUT2D eigenvalue weighted by Crippen LogP contribution is -2.20. The number of benzene rings is 1. The average Bonchev–Trinajstić information content (AvgIpc) is 3.12. The third-order valence-electron chi connectivity index (χ3n) is 4.78. The summed E-state index contributed by atoms with van der Waals surface area (Å²) in [6.45, 7) is 4.98. The van der Waals surface area contributed by atoms with Crippen molar-refractivity contribution in [1.29, 1.82) is 0 Å². The third kappa shape index (κ3) is 2.38. The van der Waals surface area contributed by atoms with E-state index in [-0.39, 0.29) is 5.54 Å². The molecule has 2 aliphatic rings. The fraction of sp³-hybridized carbons (Fsp3) is 0.588. The summed E-state index contributed by atoms with van der Waals surface area (Å²) in [4.78, 5) is 14.7. The van der Waals surface area contributed by atoms with Gasteiger partial charge in [0.05, 0.1) is 6.61 Å². The van der Waals surface area contributed by atoms with Crippen molar-refractivity contribution in [2.45, 2.75) is 51.5 Å². The maximum atomic E-state index is 10.7.